The molecular weight excluding hydrogens is 144 g/mol. The fraction of sp³-hybridized carbons (Fsp3) is 1.00. The van der Waals surface area contributed by atoms with Crippen LogP contribution in [0.3, 0.4) is 0 Å². The summed E-state index contributed by atoms with van der Waals surface area (Å²) in [6.45, 7) is 8.69. The quantitative estimate of drug-likeness (QED) is 0.566. The van der Waals surface area contributed by atoms with Gasteiger partial charge in [0.1, 0.15) is 0 Å². The van der Waals surface area contributed by atoms with Gasteiger partial charge in [0.25, 0.3) is 0 Å². The van der Waals surface area contributed by atoms with Crippen LogP contribution in [-0.4, -0.2) is 0 Å². The molecule has 0 aromatic rings. The van der Waals surface area contributed by atoms with Gasteiger partial charge in [-0.2, -0.15) is 0 Å². The third-order valence-electron chi connectivity index (χ3n) is 3.12. The molecule has 0 aromatic carbocycles. The topological polar surface area (TPSA) is 0 Å². The Bertz CT molecular complexity index is 74.0. The van der Waals surface area contributed by atoms with Gasteiger partial charge in [0, 0.05) is 0 Å². The Labute approximate surface area is 78.8 Å². The van der Waals surface area contributed by atoms with Crippen molar-refractivity contribution in [3.63, 3.8) is 0 Å². The molecule has 2 atom stereocenters. The predicted molar refractivity (Wildman–Crippen MR) is 57.4 cm³/mol. The summed E-state index contributed by atoms with van der Waals surface area (Å²) in [7, 11) is 0. The molecule has 2 unspecified atom stereocenters. The molecule has 1 fully saturated rings. The number of hydrogen-bond acceptors (Lipinski definition) is 0. The molecule has 0 saturated heterocycles. The summed E-state index contributed by atoms with van der Waals surface area (Å²) in [5.74, 6) is 2.14. The summed E-state index contributed by atoms with van der Waals surface area (Å²) in [6, 6.07) is 0. The smallest absolute Gasteiger partial charge is 0.0389 e. The first kappa shape index (κ1) is 12.0. The lowest BCUT2D eigenvalue weighted by atomic mass is 9.77. The Kier molecular flexibility index (Phi) is 7.64. The zero-order valence-electron chi connectivity index (χ0n) is 9.40. The second-order valence-electron chi connectivity index (χ2n) is 3.62. The summed E-state index contributed by atoms with van der Waals surface area (Å²) in [5.41, 5.74) is 0. The van der Waals surface area contributed by atoms with Crippen LogP contribution in [0.2, 0.25) is 0 Å². The van der Waals surface area contributed by atoms with E-state index < -0.39 is 0 Å². The molecule has 74 valence electrons. The average Bonchev–Trinajstić information content (AvgIpc) is 2.20. The van der Waals surface area contributed by atoms with Crippen molar-refractivity contribution in [2.24, 2.45) is 11.8 Å². The first-order valence-corrected chi connectivity index (χ1v) is 5.88. The molecule has 0 amide bonds. The molecule has 0 nitrogen and oxygen atoms in total. The Morgan fingerprint density at radius 3 is 1.42 bits per heavy atom. The number of rotatable bonds is 2. The van der Waals surface area contributed by atoms with E-state index in [0.29, 0.717) is 0 Å². The van der Waals surface area contributed by atoms with Gasteiger partial charge in [-0.05, 0) is 11.8 Å². The molecule has 0 radical (unpaired) electrons. The molecule has 0 N–H and O–H groups in total. The largest absolute Gasteiger partial charge is 0.0683 e. The highest BCUT2D eigenvalue weighted by molar-refractivity contribution is 4.72. The summed E-state index contributed by atoms with van der Waals surface area (Å²) in [4.78, 5) is 0. The molecule has 0 bridgehead atoms. The van der Waals surface area contributed by atoms with Crippen LogP contribution >= 0.6 is 0 Å². The van der Waals surface area contributed by atoms with Gasteiger partial charge in [-0.3, -0.25) is 0 Å². The minimum Gasteiger partial charge on any atom is -0.0683 e. The Morgan fingerprint density at radius 1 is 0.833 bits per heavy atom. The highest BCUT2D eigenvalue weighted by Gasteiger charge is 2.21. The molecule has 0 aliphatic heterocycles. The van der Waals surface area contributed by atoms with Gasteiger partial charge in [-0.25, -0.2) is 0 Å². The second-order valence-corrected chi connectivity index (χ2v) is 3.62. The fourth-order valence-corrected chi connectivity index (χ4v) is 2.36. The van der Waals surface area contributed by atoms with Crippen LogP contribution < -0.4 is 0 Å². The van der Waals surface area contributed by atoms with Crippen LogP contribution in [0.15, 0.2) is 0 Å². The van der Waals surface area contributed by atoms with E-state index in [2.05, 4.69) is 13.8 Å². The normalized spacial score (nSPS) is 29.0. The minimum absolute atomic E-state index is 1.07. The lowest BCUT2D eigenvalue weighted by Gasteiger charge is -2.29. The van der Waals surface area contributed by atoms with Crippen LogP contribution in [0.5, 0.6) is 0 Å². The van der Waals surface area contributed by atoms with Crippen molar-refractivity contribution in [2.75, 3.05) is 0 Å². The first-order valence-electron chi connectivity index (χ1n) is 5.88. The monoisotopic (exact) mass is 170 g/mol. The predicted octanol–water partition coefficient (Wildman–Crippen LogP) is 4.64. The standard InChI is InChI=1S/C10H20.C2H6/c1-3-9-7-5-6-8-10(9)4-2;1-2/h9-10H,3-8H2,1-2H3;1-2H3. The Hall–Kier alpha value is 0. The van der Waals surface area contributed by atoms with Crippen molar-refractivity contribution in [1.29, 1.82) is 0 Å². The van der Waals surface area contributed by atoms with Crippen molar-refractivity contribution in [3.05, 3.63) is 0 Å². The number of hydrogen-bond donors (Lipinski definition) is 0. The zero-order valence-corrected chi connectivity index (χ0v) is 9.40. The molecule has 1 rings (SSSR count). The Balaban J connectivity index is 0.000000561. The summed E-state index contributed by atoms with van der Waals surface area (Å²) in [5, 5.41) is 0. The third-order valence-corrected chi connectivity index (χ3v) is 3.12. The van der Waals surface area contributed by atoms with E-state index in [0.717, 1.165) is 11.8 Å². The van der Waals surface area contributed by atoms with Gasteiger partial charge in [0.15, 0.2) is 0 Å². The van der Waals surface area contributed by atoms with E-state index in [-0.39, 0.29) is 0 Å². The SMILES string of the molecule is CC.CCC1CCCCC1CC. The highest BCUT2D eigenvalue weighted by Crippen LogP contribution is 2.33. The molecule has 0 heteroatoms. The summed E-state index contributed by atoms with van der Waals surface area (Å²) < 4.78 is 0. The maximum atomic E-state index is 2.35. The van der Waals surface area contributed by atoms with E-state index in [1.807, 2.05) is 13.8 Å². The van der Waals surface area contributed by atoms with E-state index in [1.165, 1.54) is 38.5 Å². The molecular formula is C12H26. The molecule has 1 aliphatic rings. The molecule has 0 heterocycles. The van der Waals surface area contributed by atoms with Gasteiger partial charge in [-0.15, -0.1) is 0 Å². The first-order chi connectivity index (χ1) is 5.88. The summed E-state index contributed by atoms with van der Waals surface area (Å²) >= 11 is 0. The van der Waals surface area contributed by atoms with E-state index in [4.69, 9.17) is 0 Å². The van der Waals surface area contributed by atoms with E-state index in [9.17, 15) is 0 Å². The van der Waals surface area contributed by atoms with E-state index in [1.54, 1.807) is 0 Å². The maximum Gasteiger partial charge on any atom is -0.0389 e. The van der Waals surface area contributed by atoms with Crippen molar-refractivity contribution < 1.29 is 0 Å². The molecule has 1 saturated carbocycles. The lowest BCUT2D eigenvalue weighted by Crippen LogP contribution is -2.17. The maximum absolute atomic E-state index is 2.35. The highest BCUT2D eigenvalue weighted by atomic mass is 14.3. The fourth-order valence-electron chi connectivity index (χ4n) is 2.36. The van der Waals surface area contributed by atoms with Crippen molar-refractivity contribution in [2.45, 2.75) is 66.2 Å². The van der Waals surface area contributed by atoms with Gasteiger partial charge in [0.05, 0.1) is 0 Å². The zero-order chi connectivity index (χ0) is 9.40. The van der Waals surface area contributed by atoms with Crippen LogP contribution in [0.25, 0.3) is 0 Å². The average molecular weight is 170 g/mol. The van der Waals surface area contributed by atoms with Gasteiger partial charge in [-0.1, -0.05) is 66.2 Å². The van der Waals surface area contributed by atoms with Crippen LogP contribution in [-0.2, 0) is 0 Å². The van der Waals surface area contributed by atoms with Crippen LogP contribution in [0, 0.1) is 11.8 Å². The third kappa shape index (κ3) is 3.60. The van der Waals surface area contributed by atoms with Crippen molar-refractivity contribution in [1.82, 2.24) is 0 Å². The van der Waals surface area contributed by atoms with Crippen LogP contribution in [0.4, 0.5) is 0 Å². The second kappa shape index (κ2) is 7.64. The minimum atomic E-state index is 1.07. The van der Waals surface area contributed by atoms with Crippen LogP contribution in [0.1, 0.15) is 66.2 Å². The molecule has 0 aromatic heterocycles. The van der Waals surface area contributed by atoms with E-state index >= 15 is 0 Å². The lowest BCUT2D eigenvalue weighted by molar-refractivity contribution is 0.224. The van der Waals surface area contributed by atoms with Gasteiger partial charge < -0.3 is 0 Å². The Morgan fingerprint density at radius 2 is 1.17 bits per heavy atom. The molecule has 12 heavy (non-hydrogen) atoms. The van der Waals surface area contributed by atoms with Crippen molar-refractivity contribution >= 4 is 0 Å². The summed E-state index contributed by atoms with van der Waals surface area (Å²) in [6.07, 6.45) is 8.84. The molecule has 1 aliphatic carbocycles. The van der Waals surface area contributed by atoms with Gasteiger partial charge in [0.2, 0.25) is 0 Å². The molecule has 0 spiro atoms. The van der Waals surface area contributed by atoms with Gasteiger partial charge >= 0.3 is 0 Å². The van der Waals surface area contributed by atoms with Crippen molar-refractivity contribution in [3.8, 4) is 0 Å².